The number of amides is 2. The number of benzene rings is 2. The fourth-order valence-corrected chi connectivity index (χ4v) is 5.22. The summed E-state index contributed by atoms with van der Waals surface area (Å²) >= 11 is 5.59. The second-order valence-electron chi connectivity index (χ2n) is 7.16. The van der Waals surface area contributed by atoms with Crippen LogP contribution in [-0.2, 0) is 11.3 Å². The number of methoxy groups -OCH3 is 1. The van der Waals surface area contributed by atoms with E-state index in [0.717, 1.165) is 22.9 Å². The van der Waals surface area contributed by atoms with Gasteiger partial charge in [-0.2, -0.15) is 0 Å². The van der Waals surface area contributed by atoms with E-state index >= 15 is 0 Å². The maximum Gasteiger partial charge on any atom is 0.353 e. The topological polar surface area (TPSA) is 72.9 Å². The normalized spacial score (nSPS) is 14.8. The monoisotopic (exact) mass is 543 g/mol. The van der Waals surface area contributed by atoms with E-state index in [1.165, 1.54) is 23.3 Å². The van der Waals surface area contributed by atoms with Crippen molar-refractivity contribution < 1.29 is 23.9 Å². The number of imide groups is 1. The zero-order valence-corrected chi connectivity index (χ0v) is 20.9. The summed E-state index contributed by atoms with van der Waals surface area (Å²) in [7, 11) is 1.46. The highest BCUT2D eigenvalue weighted by molar-refractivity contribution is 9.10. The molecule has 3 aromatic rings. The molecule has 9 heteroatoms. The molecular formula is C24H18BrNO5S2. The van der Waals surface area contributed by atoms with Gasteiger partial charge in [0.1, 0.15) is 4.88 Å². The smallest absolute Gasteiger partial charge is 0.353 e. The van der Waals surface area contributed by atoms with Gasteiger partial charge >= 0.3 is 5.97 Å². The van der Waals surface area contributed by atoms with Crippen molar-refractivity contribution in [2.75, 3.05) is 7.11 Å². The summed E-state index contributed by atoms with van der Waals surface area (Å²) in [6.07, 6.45) is 1.62. The maximum absolute atomic E-state index is 12.9. The molecule has 0 atom stereocenters. The summed E-state index contributed by atoms with van der Waals surface area (Å²) in [4.78, 5) is 39.8. The first kappa shape index (κ1) is 23.3. The Morgan fingerprint density at radius 3 is 2.67 bits per heavy atom. The fourth-order valence-electron chi connectivity index (χ4n) is 3.24. The van der Waals surface area contributed by atoms with Gasteiger partial charge in [-0.05, 0) is 75.4 Å². The highest BCUT2D eigenvalue weighted by atomic mass is 79.9. The summed E-state index contributed by atoms with van der Waals surface area (Å²) in [5.41, 5.74) is 2.57. The van der Waals surface area contributed by atoms with Gasteiger partial charge in [0.15, 0.2) is 11.5 Å². The van der Waals surface area contributed by atoms with Gasteiger partial charge in [-0.15, -0.1) is 11.3 Å². The third kappa shape index (κ3) is 5.21. The third-order valence-corrected chi connectivity index (χ3v) is 7.11. The molecule has 0 radical (unpaired) electrons. The predicted molar refractivity (Wildman–Crippen MR) is 133 cm³/mol. The molecule has 6 nitrogen and oxygen atoms in total. The maximum atomic E-state index is 12.9. The Hall–Kier alpha value is -2.88. The van der Waals surface area contributed by atoms with E-state index in [9.17, 15) is 14.4 Å². The van der Waals surface area contributed by atoms with Crippen LogP contribution < -0.4 is 9.47 Å². The van der Waals surface area contributed by atoms with Crippen LogP contribution in [-0.4, -0.2) is 29.1 Å². The van der Waals surface area contributed by atoms with Crippen LogP contribution in [0.25, 0.3) is 6.08 Å². The van der Waals surface area contributed by atoms with Gasteiger partial charge in [0.05, 0.1) is 23.0 Å². The molecule has 1 saturated heterocycles. The van der Waals surface area contributed by atoms with E-state index in [1.807, 2.05) is 31.2 Å². The molecule has 1 aliphatic rings. The highest BCUT2D eigenvalue weighted by Gasteiger charge is 2.35. The molecule has 0 spiro atoms. The van der Waals surface area contributed by atoms with Gasteiger partial charge in [-0.25, -0.2) is 4.79 Å². The standard InChI is InChI=1S/C24H18BrNO5S2/c1-14-5-3-6-15(9-14)13-26-22(27)20(33-24(26)29)12-16-10-17(25)21(18(11-16)30-2)31-23(28)19-7-4-8-32-19/h3-12H,13H2,1-2H3/b20-12-. The Balaban J connectivity index is 1.57. The summed E-state index contributed by atoms with van der Waals surface area (Å²) in [6.45, 7) is 2.18. The minimum Gasteiger partial charge on any atom is -0.493 e. The number of rotatable bonds is 6. The highest BCUT2D eigenvalue weighted by Crippen LogP contribution is 2.40. The Bertz CT molecular complexity index is 1270. The van der Waals surface area contributed by atoms with Crippen molar-refractivity contribution in [2.45, 2.75) is 13.5 Å². The average Bonchev–Trinajstić information content (AvgIpc) is 3.40. The lowest BCUT2D eigenvalue weighted by Crippen LogP contribution is -2.27. The number of ether oxygens (including phenoxy) is 2. The first-order valence-electron chi connectivity index (χ1n) is 9.80. The van der Waals surface area contributed by atoms with Crippen molar-refractivity contribution in [3.63, 3.8) is 0 Å². The molecule has 0 saturated carbocycles. The number of thiophene rings is 1. The number of aryl methyl sites for hydroxylation is 1. The lowest BCUT2D eigenvalue weighted by atomic mass is 10.1. The summed E-state index contributed by atoms with van der Waals surface area (Å²) < 4.78 is 11.4. The van der Waals surface area contributed by atoms with Crippen LogP contribution in [0.5, 0.6) is 11.5 Å². The van der Waals surface area contributed by atoms with Crippen LogP contribution in [0.1, 0.15) is 26.4 Å². The SMILES string of the molecule is COc1cc(/C=C2\SC(=O)N(Cc3cccc(C)c3)C2=O)cc(Br)c1OC(=O)c1cccs1. The molecule has 1 aromatic heterocycles. The van der Waals surface area contributed by atoms with E-state index in [0.29, 0.717) is 25.6 Å². The number of hydrogen-bond donors (Lipinski definition) is 0. The number of nitrogens with zero attached hydrogens (tertiary/aromatic N) is 1. The third-order valence-electron chi connectivity index (χ3n) is 4.76. The minimum absolute atomic E-state index is 0.217. The van der Waals surface area contributed by atoms with Crippen molar-refractivity contribution in [1.29, 1.82) is 0 Å². The minimum atomic E-state index is -0.492. The molecule has 0 N–H and O–H groups in total. The van der Waals surface area contributed by atoms with Gasteiger partial charge in [-0.1, -0.05) is 35.9 Å². The number of thioether (sulfide) groups is 1. The molecule has 0 unspecified atom stereocenters. The molecule has 2 amide bonds. The molecule has 168 valence electrons. The number of halogens is 1. The van der Waals surface area contributed by atoms with Gasteiger partial charge in [0.25, 0.3) is 11.1 Å². The van der Waals surface area contributed by atoms with E-state index < -0.39 is 5.97 Å². The summed E-state index contributed by atoms with van der Waals surface area (Å²) in [6, 6.07) is 14.5. The molecule has 2 heterocycles. The molecule has 1 fully saturated rings. The summed E-state index contributed by atoms with van der Waals surface area (Å²) in [5, 5.41) is 1.47. The zero-order valence-electron chi connectivity index (χ0n) is 17.7. The lowest BCUT2D eigenvalue weighted by molar-refractivity contribution is -0.123. The Labute approximate surface area is 207 Å². The van der Waals surface area contributed by atoms with Gasteiger partial charge in [0.2, 0.25) is 0 Å². The Morgan fingerprint density at radius 1 is 1.15 bits per heavy atom. The van der Waals surface area contributed by atoms with Crippen LogP contribution in [0.15, 0.2) is 63.3 Å². The van der Waals surface area contributed by atoms with Gasteiger partial charge < -0.3 is 9.47 Å². The number of carbonyl (C=O) groups is 3. The van der Waals surface area contributed by atoms with Crippen molar-refractivity contribution in [2.24, 2.45) is 0 Å². The lowest BCUT2D eigenvalue weighted by Gasteiger charge is -2.13. The first-order chi connectivity index (χ1) is 15.9. The van der Waals surface area contributed by atoms with Gasteiger partial charge in [0, 0.05) is 0 Å². The van der Waals surface area contributed by atoms with E-state index in [1.54, 1.807) is 35.7 Å². The molecule has 2 aromatic carbocycles. The Kier molecular flexibility index (Phi) is 7.02. The van der Waals surface area contributed by atoms with Crippen LogP contribution >= 0.6 is 39.0 Å². The Morgan fingerprint density at radius 2 is 1.97 bits per heavy atom. The number of hydrogen-bond acceptors (Lipinski definition) is 7. The number of carbonyl (C=O) groups excluding carboxylic acids is 3. The first-order valence-corrected chi connectivity index (χ1v) is 12.3. The molecule has 0 bridgehead atoms. The largest absolute Gasteiger partial charge is 0.493 e. The second-order valence-corrected chi connectivity index (χ2v) is 9.95. The molecule has 0 aliphatic carbocycles. The second kappa shape index (κ2) is 9.94. The quantitative estimate of drug-likeness (QED) is 0.207. The molecule has 1 aliphatic heterocycles. The van der Waals surface area contributed by atoms with Gasteiger partial charge in [-0.3, -0.25) is 14.5 Å². The van der Waals surface area contributed by atoms with Crippen molar-refractivity contribution in [3.8, 4) is 11.5 Å². The van der Waals surface area contributed by atoms with E-state index in [2.05, 4.69) is 15.9 Å². The van der Waals surface area contributed by atoms with Crippen LogP contribution in [0.2, 0.25) is 0 Å². The zero-order chi connectivity index (χ0) is 23.5. The predicted octanol–water partition coefficient (Wildman–Crippen LogP) is 6.28. The van der Waals surface area contributed by atoms with Crippen molar-refractivity contribution in [1.82, 2.24) is 4.90 Å². The van der Waals surface area contributed by atoms with E-state index in [4.69, 9.17) is 9.47 Å². The van der Waals surface area contributed by atoms with Crippen LogP contribution in [0.4, 0.5) is 4.79 Å². The molecule has 4 rings (SSSR count). The van der Waals surface area contributed by atoms with Crippen molar-refractivity contribution >= 4 is 62.2 Å². The fraction of sp³-hybridized carbons (Fsp3) is 0.125. The van der Waals surface area contributed by atoms with Crippen LogP contribution in [0, 0.1) is 6.92 Å². The average molecular weight is 544 g/mol. The number of esters is 1. The molecule has 33 heavy (non-hydrogen) atoms. The molecular weight excluding hydrogens is 526 g/mol. The summed E-state index contributed by atoms with van der Waals surface area (Å²) in [5.74, 6) is -0.288. The van der Waals surface area contributed by atoms with Crippen molar-refractivity contribution in [3.05, 3.63) is 84.9 Å². The van der Waals surface area contributed by atoms with Crippen LogP contribution in [0.3, 0.4) is 0 Å². The van der Waals surface area contributed by atoms with E-state index in [-0.39, 0.29) is 23.4 Å².